The van der Waals surface area contributed by atoms with Gasteiger partial charge in [0.2, 0.25) is 5.91 Å². The summed E-state index contributed by atoms with van der Waals surface area (Å²) in [6, 6.07) is 0. The predicted octanol–water partition coefficient (Wildman–Crippen LogP) is 2.27. The van der Waals surface area contributed by atoms with Gasteiger partial charge in [0.1, 0.15) is 5.69 Å². The number of nitro groups is 1. The molecule has 0 radical (unpaired) electrons. The number of hydrazine groups is 1. The maximum atomic E-state index is 13.7. The molecule has 13 nitrogen and oxygen atoms in total. The van der Waals surface area contributed by atoms with Crippen LogP contribution in [0.15, 0.2) is 17.5 Å². The van der Waals surface area contributed by atoms with Crippen molar-refractivity contribution in [1.29, 1.82) is 0 Å². The molecule has 0 spiro atoms. The first kappa shape index (κ1) is 30.0. The molecule has 5 N–H and O–H groups in total. The third-order valence-corrected chi connectivity index (χ3v) is 9.15. The molecule has 2 heterocycles. The molecule has 4 aliphatic rings. The third-order valence-electron chi connectivity index (χ3n) is 9.15. The highest BCUT2D eigenvalue weighted by molar-refractivity contribution is 6.47. The van der Waals surface area contributed by atoms with Crippen LogP contribution < -0.4 is 16.5 Å². The van der Waals surface area contributed by atoms with Crippen molar-refractivity contribution in [3.63, 3.8) is 0 Å². The number of hydrogen-bond acceptors (Lipinski definition) is 8. The van der Waals surface area contributed by atoms with E-state index in [9.17, 15) is 19.7 Å². The molecular formula is C26H42BN7O6. The molecule has 5 rings (SSSR count). The number of ketones is 1. The molecule has 1 aromatic rings. The van der Waals surface area contributed by atoms with Crippen molar-refractivity contribution in [3.8, 4) is 0 Å². The summed E-state index contributed by atoms with van der Waals surface area (Å²) in [6.07, 6.45) is 6.30. The van der Waals surface area contributed by atoms with Crippen molar-refractivity contribution in [3.05, 3.63) is 28.3 Å². The number of nitrogens with two attached hydrogens (primary N) is 1. The largest absolute Gasteiger partial charge is 0.481 e. The highest BCUT2D eigenvalue weighted by atomic mass is 16.7. The molecule has 14 heteroatoms. The molecule has 1 aromatic heterocycles. The van der Waals surface area contributed by atoms with Crippen LogP contribution in [0.1, 0.15) is 83.6 Å². The third kappa shape index (κ3) is 6.32. The Morgan fingerprint density at radius 2 is 2.10 bits per heavy atom. The highest BCUT2D eigenvalue weighted by Gasteiger charge is 2.68. The van der Waals surface area contributed by atoms with Crippen LogP contribution in [0.25, 0.3) is 0 Å². The van der Waals surface area contributed by atoms with Crippen LogP contribution in [0.5, 0.6) is 0 Å². The molecular weight excluding hydrogens is 517 g/mol. The number of aromatic amines is 1. The lowest BCUT2D eigenvalue weighted by Crippen LogP contribution is -2.65. The van der Waals surface area contributed by atoms with Gasteiger partial charge in [-0.15, -0.1) is 0 Å². The van der Waals surface area contributed by atoms with Gasteiger partial charge in [0, 0.05) is 18.9 Å². The van der Waals surface area contributed by atoms with Gasteiger partial charge in [-0.1, -0.05) is 33.1 Å². The monoisotopic (exact) mass is 559 g/mol. The first-order valence-electron chi connectivity index (χ1n) is 14.2. The molecule has 1 amide bonds. The Kier molecular flexibility index (Phi) is 8.88. The number of aliphatic imine (C=N–C) groups is 1. The Morgan fingerprint density at radius 3 is 2.73 bits per heavy atom. The van der Waals surface area contributed by atoms with E-state index in [1.165, 1.54) is 12.5 Å². The van der Waals surface area contributed by atoms with Gasteiger partial charge in [0.25, 0.3) is 5.96 Å². The van der Waals surface area contributed by atoms with Gasteiger partial charge in [-0.3, -0.25) is 9.59 Å². The van der Waals surface area contributed by atoms with Gasteiger partial charge in [-0.25, -0.2) is 20.1 Å². The van der Waals surface area contributed by atoms with E-state index in [-0.39, 0.29) is 54.0 Å². The van der Waals surface area contributed by atoms with Crippen LogP contribution in [0.2, 0.25) is 0 Å². The van der Waals surface area contributed by atoms with Crippen molar-refractivity contribution in [2.75, 3.05) is 6.54 Å². The summed E-state index contributed by atoms with van der Waals surface area (Å²) in [4.78, 5) is 47.7. The normalized spacial score (nSPS) is 28.4. The number of Topliss-reactive ketones (excluding diaryl/α,β-unsaturated/α-hetero) is 1. The molecule has 2 bridgehead atoms. The number of rotatable bonds is 13. The van der Waals surface area contributed by atoms with E-state index in [4.69, 9.17) is 15.0 Å². The zero-order valence-corrected chi connectivity index (χ0v) is 24.0. The maximum absolute atomic E-state index is 13.7. The second-order valence-electron chi connectivity index (χ2n) is 12.6. The van der Waals surface area contributed by atoms with Gasteiger partial charge >= 0.3 is 7.12 Å². The summed E-state index contributed by atoms with van der Waals surface area (Å²) in [6.45, 7) is 11.1. The summed E-state index contributed by atoms with van der Waals surface area (Å²) in [5.41, 5.74) is 7.43. The fraction of sp³-hybridized carbons (Fsp3) is 0.769. The van der Waals surface area contributed by atoms with E-state index in [0.29, 0.717) is 36.8 Å². The smallest absolute Gasteiger partial charge is 0.404 e. The minimum absolute atomic E-state index is 0.00492. The van der Waals surface area contributed by atoms with Gasteiger partial charge in [-0.2, -0.15) is 0 Å². The number of hydrogen-bond donors (Lipinski definition) is 4. The molecule has 6 atom stereocenters. The molecule has 3 aliphatic carbocycles. The number of amides is 1. The second-order valence-corrected chi connectivity index (χ2v) is 12.6. The lowest BCUT2D eigenvalue weighted by atomic mass is 9.43. The van der Waals surface area contributed by atoms with Crippen LogP contribution in [0.4, 0.5) is 0 Å². The lowest BCUT2D eigenvalue weighted by Gasteiger charge is -2.64. The second kappa shape index (κ2) is 11.9. The molecule has 1 saturated heterocycles. The van der Waals surface area contributed by atoms with Crippen LogP contribution in [-0.4, -0.2) is 64.0 Å². The summed E-state index contributed by atoms with van der Waals surface area (Å²) in [5.74, 6) is -0.555. The van der Waals surface area contributed by atoms with Crippen LogP contribution in [-0.2, 0) is 14.1 Å². The predicted molar refractivity (Wildman–Crippen MR) is 148 cm³/mol. The highest BCUT2D eigenvalue weighted by Crippen LogP contribution is 2.65. The van der Waals surface area contributed by atoms with Gasteiger partial charge in [-0.05, 0) is 62.2 Å². The standard InChI is InChI=1S/C26H42BN7O6/c1-15(2)9-22(27-39-21-12-17-11-20(25(17,3)4)26(21,5)40-27)32-23(36)16(10-19(35)18-13-29-14-31-18)7-6-8-30-24(28)33-34(37)38/h13-17,20-22H,6-12H2,1-5H3,(H,29,31)(H,32,36)(H3,28,30,33)/t16-,17+,20+,21-,22+,26+/m1/s1. The Labute approximate surface area is 235 Å². The van der Waals surface area contributed by atoms with E-state index in [2.05, 4.69) is 54.9 Å². The Balaban J connectivity index is 1.45. The molecule has 4 fully saturated rings. The minimum Gasteiger partial charge on any atom is -0.404 e. The molecule has 40 heavy (non-hydrogen) atoms. The molecule has 220 valence electrons. The number of carbonyl (C=O) groups is 2. The molecule has 0 aromatic carbocycles. The van der Waals surface area contributed by atoms with Gasteiger partial charge < -0.3 is 25.3 Å². The lowest BCUT2D eigenvalue weighted by molar-refractivity contribution is -0.525. The summed E-state index contributed by atoms with van der Waals surface area (Å²) >= 11 is 0. The van der Waals surface area contributed by atoms with Crippen LogP contribution >= 0.6 is 0 Å². The van der Waals surface area contributed by atoms with E-state index >= 15 is 0 Å². The van der Waals surface area contributed by atoms with Gasteiger partial charge in [0.05, 0.1) is 30.2 Å². The number of nitrogens with one attached hydrogen (secondary N) is 3. The average molecular weight is 559 g/mol. The Hall–Kier alpha value is -3.00. The maximum Gasteiger partial charge on any atom is 0.481 e. The van der Waals surface area contributed by atoms with Crippen molar-refractivity contribution >= 4 is 24.8 Å². The number of carbonyl (C=O) groups excluding carboxylic acids is 2. The Bertz CT molecular complexity index is 1110. The number of aromatic nitrogens is 2. The molecule has 1 aliphatic heterocycles. The number of H-pyrrole nitrogens is 1. The van der Waals surface area contributed by atoms with Crippen molar-refractivity contribution < 1.29 is 23.9 Å². The Morgan fingerprint density at radius 1 is 1.35 bits per heavy atom. The fourth-order valence-corrected chi connectivity index (χ4v) is 6.85. The fourth-order valence-electron chi connectivity index (χ4n) is 6.85. The number of nitrogens with zero attached hydrogens (tertiary/aromatic N) is 3. The van der Waals surface area contributed by atoms with Gasteiger partial charge in [0.15, 0.2) is 10.8 Å². The van der Waals surface area contributed by atoms with Crippen molar-refractivity contribution in [2.24, 2.45) is 39.8 Å². The van der Waals surface area contributed by atoms with Crippen molar-refractivity contribution in [1.82, 2.24) is 20.7 Å². The SMILES string of the molecule is CC(C)C[C@H](NC(=O)[C@H](CCCN=C(N)N[N+](=O)[O-])CC(=O)c1cnc[nH]1)B1O[C@@H]2C[C@@H]3C[C@@H](C3(C)C)[C@]2(C)O1. The zero-order chi connectivity index (χ0) is 29.2. The molecule has 3 saturated carbocycles. The van der Waals surface area contributed by atoms with E-state index in [1.54, 1.807) is 5.43 Å². The summed E-state index contributed by atoms with van der Waals surface area (Å²) in [7, 11) is -0.571. The quantitative estimate of drug-likeness (QED) is 0.0535. The topological polar surface area (TPSA) is 187 Å². The average Bonchev–Trinajstić information content (AvgIpc) is 3.52. The first-order valence-corrected chi connectivity index (χ1v) is 14.2. The van der Waals surface area contributed by atoms with E-state index in [1.807, 2.05) is 0 Å². The van der Waals surface area contributed by atoms with Crippen molar-refractivity contribution in [2.45, 2.75) is 90.8 Å². The van der Waals surface area contributed by atoms with E-state index in [0.717, 1.165) is 12.8 Å². The number of guanidine groups is 1. The van der Waals surface area contributed by atoms with Crippen LogP contribution in [0.3, 0.4) is 0 Å². The summed E-state index contributed by atoms with van der Waals surface area (Å²) in [5, 5.41) is 12.9. The minimum atomic E-state index is -0.791. The zero-order valence-electron chi connectivity index (χ0n) is 24.0. The first-order chi connectivity index (χ1) is 18.8. The summed E-state index contributed by atoms with van der Waals surface area (Å²) < 4.78 is 13.2. The van der Waals surface area contributed by atoms with Crippen LogP contribution in [0, 0.1) is 39.2 Å². The number of imidazole rings is 1. The molecule has 0 unspecified atom stereocenters. The van der Waals surface area contributed by atoms with E-state index < -0.39 is 23.7 Å².